The van der Waals surface area contributed by atoms with Gasteiger partial charge < -0.3 is 19.2 Å². The van der Waals surface area contributed by atoms with Gasteiger partial charge in [0.2, 0.25) is 6.79 Å². The van der Waals surface area contributed by atoms with E-state index in [1.165, 1.54) is 4.57 Å². The maximum Gasteiger partial charge on any atom is 0.407 e. The van der Waals surface area contributed by atoms with Crippen molar-refractivity contribution in [1.82, 2.24) is 14.5 Å². The Kier molecular flexibility index (Phi) is 6.60. The van der Waals surface area contributed by atoms with Crippen molar-refractivity contribution in [3.63, 3.8) is 0 Å². The number of para-hydroxylation sites is 1. The average Bonchev–Trinajstić information content (AvgIpc) is 3.40. The van der Waals surface area contributed by atoms with Crippen molar-refractivity contribution >= 4 is 22.6 Å². The van der Waals surface area contributed by atoms with Crippen LogP contribution in [0.25, 0.3) is 11.0 Å². The predicted octanol–water partition coefficient (Wildman–Crippen LogP) is 3.57. The Balaban J connectivity index is 1.41. The fraction of sp³-hybridized carbons (Fsp3) is 0.400. The molecule has 0 spiro atoms. The Labute approximate surface area is 210 Å². The van der Waals surface area contributed by atoms with Crippen molar-refractivity contribution in [2.24, 2.45) is 18.1 Å². The van der Waals surface area contributed by atoms with E-state index < -0.39 is 12.3 Å². The number of fused-ring (bicyclic) bond motifs is 2. The molecule has 0 amide bonds. The van der Waals surface area contributed by atoms with Gasteiger partial charge in [-0.05, 0) is 49.9 Å². The van der Waals surface area contributed by atoms with Crippen LogP contribution in [0, 0.1) is 17.2 Å². The molecular weight excluding hydrogens is 486 g/mol. The van der Waals surface area contributed by atoms with Gasteiger partial charge in [0.1, 0.15) is 17.3 Å². The van der Waals surface area contributed by atoms with Gasteiger partial charge in [-0.3, -0.25) is 4.57 Å². The predicted molar refractivity (Wildman–Crippen MR) is 130 cm³/mol. The lowest BCUT2D eigenvalue weighted by molar-refractivity contribution is -0.128. The number of benzene rings is 1. The second-order valence-electron chi connectivity index (χ2n) is 8.95. The van der Waals surface area contributed by atoms with Gasteiger partial charge >= 0.3 is 12.3 Å². The van der Waals surface area contributed by atoms with Crippen LogP contribution >= 0.6 is 0 Å². The topological polar surface area (TPSA) is 115 Å². The standard InChI is InChI=1S/C25H24F2N6O4/c1-32(23-21-18(33(2)25(34)30-23)11-8-15(12-28)29-21)16-9-6-14(7-10-16)20(31-37-24(26)27)17-4-3-5-19-22(17)36-13-35-19/h3-5,8,11,14,16,24H,6-7,9-10,13H2,1-2H3/b31-20-/t14-,16+. The van der Waals surface area contributed by atoms with Gasteiger partial charge in [-0.2, -0.15) is 19.0 Å². The van der Waals surface area contributed by atoms with Crippen molar-refractivity contribution < 1.29 is 23.1 Å². The SMILES string of the molecule is Cn1c(=O)nc(N(C)[C@H]2CC[C@@H](/C(=N/OC(F)F)c3cccc4c3OCO4)CC2)c2nc(C#N)ccc21. The molecule has 1 fully saturated rings. The van der Waals surface area contributed by atoms with E-state index in [4.69, 9.17) is 9.47 Å². The molecule has 1 aliphatic carbocycles. The maximum absolute atomic E-state index is 12.9. The van der Waals surface area contributed by atoms with Gasteiger partial charge in [0.15, 0.2) is 17.3 Å². The number of ether oxygens (including phenoxy) is 2. The molecule has 1 aromatic carbocycles. The molecular formula is C25H24F2N6O4. The van der Waals surface area contributed by atoms with E-state index in [0.717, 1.165) is 0 Å². The Morgan fingerprint density at radius 3 is 2.73 bits per heavy atom. The van der Waals surface area contributed by atoms with E-state index in [9.17, 15) is 18.8 Å². The lowest BCUT2D eigenvalue weighted by atomic mass is 9.80. The highest BCUT2D eigenvalue weighted by molar-refractivity contribution is 6.05. The number of anilines is 1. The van der Waals surface area contributed by atoms with Crippen LogP contribution in [-0.4, -0.2) is 46.7 Å². The summed E-state index contributed by atoms with van der Waals surface area (Å²) in [5, 5.41) is 13.1. The largest absolute Gasteiger partial charge is 0.454 e. The summed E-state index contributed by atoms with van der Waals surface area (Å²) in [4.78, 5) is 27.5. The zero-order valence-corrected chi connectivity index (χ0v) is 20.2. The van der Waals surface area contributed by atoms with E-state index >= 15 is 0 Å². The third kappa shape index (κ3) is 4.64. The summed E-state index contributed by atoms with van der Waals surface area (Å²) < 4.78 is 38.2. The minimum atomic E-state index is -3.04. The molecule has 12 heteroatoms. The summed E-state index contributed by atoms with van der Waals surface area (Å²) in [7, 11) is 3.45. The molecule has 1 aliphatic heterocycles. The molecule has 10 nitrogen and oxygen atoms in total. The molecule has 0 atom stereocenters. The zero-order valence-electron chi connectivity index (χ0n) is 20.2. The first-order chi connectivity index (χ1) is 17.9. The number of oxime groups is 1. The van der Waals surface area contributed by atoms with Gasteiger partial charge in [0.25, 0.3) is 0 Å². The molecule has 0 N–H and O–H groups in total. The first-order valence-electron chi connectivity index (χ1n) is 11.8. The number of aryl methyl sites for hydroxylation is 1. The van der Waals surface area contributed by atoms with Gasteiger partial charge in [0.05, 0.1) is 11.2 Å². The molecule has 2 aromatic heterocycles. The number of halogens is 2. The fourth-order valence-corrected chi connectivity index (χ4v) is 5.00. The van der Waals surface area contributed by atoms with Crippen LogP contribution in [-0.2, 0) is 11.9 Å². The molecule has 0 saturated heterocycles. The van der Waals surface area contributed by atoms with Gasteiger partial charge in [-0.1, -0.05) is 11.2 Å². The summed E-state index contributed by atoms with van der Waals surface area (Å²) in [6.07, 6.45) is 2.62. The minimum Gasteiger partial charge on any atom is -0.454 e. The number of hydrogen-bond donors (Lipinski definition) is 0. The lowest BCUT2D eigenvalue weighted by Crippen LogP contribution is -2.39. The van der Waals surface area contributed by atoms with Crippen molar-refractivity contribution in [2.45, 2.75) is 38.3 Å². The van der Waals surface area contributed by atoms with Crippen molar-refractivity contribution in [2.75, 3.05) is 18.7 Å². The summed E-state index contributed by atoms with van der Waals surface area (Å²) in [5.41, 5.74) is 1.81. The second-order valence-corrected chi connectivity index (χ2v) is 8.95. The Morgan fingerprint density at radius 1 is 1.22 bits per heavy atom. The molecule has 37 heavy (non-hydrogen) atoms. The smallest absolute Gasteiger partial charge is 0.407 e. The van der Waals surface area contributed by atoms with Crippen molar-refractivity contribution in [3.05, 3.63) is 52.1 Å². The summed E-state index contributed by atoms with van der Waals surface area (Å²) in [6.45, 7) is -3.00. The molecule has 1 saturated carbocycles. The number of pyridine rings is 1. The van der Waals surface area contributed by atoms with E-state index in [1.807, 2.05) is 18.0 Å². The van der Waals surface area contributed by atoms with Crippen molar-refractivity contribution in [3.8, 4) is 17.6 Å². The number of nitrogens with zero attached hydrogens (tertiary/aromatic N) is 6. The van der Waals surface area contributed by atoms with Crippen LogP contribution in [0.4, 0.5) is 14.6 Å². The summed E-state index contributed by atoms with van der Waals surface area (Å²) in [6, 6.07) is 10.5. The maximum atomic E-state index is 12.9. The molecule has 2 aliphatic rings. The van der Waals surface area contributed by atoms with Gasteiger partial charge in [-0.15, -0.1) is 0 Å². The highest BCUT2D eigenvalue weighted by Gasteiger charge is 2.32. The minimum absolute atomic E-state index is 0.00457. The molecule has 3 heterocycles. The average molecular weight is 511 g/mol. The van der Waals surface area contributed by atoms with Crippen LogP contribution in [0.1, 0.15) is 36.9 Å². The quantitative estimate of drug-likeness (QED) is 0.365. The van der Waals surface area contributed by atoms with Gasteiger partial charge in [0, 0.05) is 31.6 Å². The first kappa shape index (κ1) is 24.4. The van der Waals surface area contributed by atoms with E-state index in [0.29, 0.717) is 65.3 Å². The molecule has 5 rings (SSSR count). The third-order valence-corrected chi connectivity index (χ3v) is 6.92. The van der Waals surface area contributed by atoms with Gasteiger partial charge in [-0.25, -0.2) is 9.78 Å². The number of alkyl halides is 2. The lowest BCUT2D eigenvalue weighted by Gasteiger charge is -2.35. The first-order valence-corrected chi connectivity index (χ1v) is 11.8. The zero-order chi connectivity index (χ0) is 26.1. The molecule has 0 radical (unpaired) electrons. The van der Waals surface area contributed by atoms with Crippen molar-refractivity contribution in [1.29, 1.82) is 5.26 Å². The summed E-state index contributed by atoms with van der Waals surface area (Å²) in [5.74, 6) is 1.24. The molecule has 0 bridgehead atoms. The van der Waals surface area contributed by atoms with Crippen LogP contribution in [0.5, 0.6) is 11.5 Å². The monoisotopic (exact) mass is 510 g/mol. The van der Waals surface area contributed by atoms with Crippen LogP contribution in [0.3, 0.4) is 0 Å². The fourth-order valence-electron chi connectivity index (χ4n) is 5.00. The van der Waals surface area contributed by atoms with E-state index in [1.54, 1.807) is 37.4 Å². The summed E-state index contributed by atoms with van der Waals surface area (Å²) >= 11 is 0. The Morgan fingerprint density at radius 2 is 2.00 bits per heavy atom. The molecule has 0 unspecified atom stereocenters. The van der Waals surface area contributed by atoms with Crippen LogP contribution < -0.4 is 20.1 Å². The molecule has 3 aromatic rings. The van der Waals surface area contributed by atoms with E-state index in [-0.39, 0.29) is 24.4 Å². The van der Waals surface area contributed by atoms with Crippen LogP contribution in [0.2, 0.25) is 0 Å². The highest BCUT2D eigenvalue weighted by Crippen LogP contribution is 2.40. The number of nitriles is 1. The molecule has 192 valence electrons. The normalized spacial score (nSPS) is 19.2. The van der Waals surface area contributed by atoms with Crippen LogP contribution in [0.15, 0.2) is 40.3 Å². The second kappa shape index (κ2) is 10.0. The van der Waals surface area contributed by atoms with E-state index in [2.05, 4.69) is 20.0 Å². The number of rotatable bonds is 6. The number of aromatic nitrogens is 3. The third-order valence-electron chi connectivity index (χ3n) is 6.92. The Bertz CT molecular complexity index is 1460. The highest BCUT2D eigenvalue weighted by atomic mass is 19.3. The Hall–Kier alpha value is -4.27. The number of hydrogen-bond acceptors (Lipinski definition) is 9.